The van der Waals surface area contributed by atoms with Gasteiger partial charge in [0.2, 0.25) is 15.8 Å². The number of carbonyl (C=O) groups excluding carboxylic acids is 2. The minimum atomic E-state index is -4.11. The number of rotatable bonds is 12. The van der Waals surface area contributed by atoms with Gasteiger partial charge in [0.05, 0.1) is 28.9 Å². The second-order valence-electron chi connectivity index (χ2n) is 12.3. The Balaban J connectivity index is 1.80. The maximum atomic E-state index is 13.6. The van der Waals surface area contributed by atoms with Crippen LogP contribution in [0.5, 0.6) is 5.75 Å². The Bertz CT molecular complexity index is 1520. The summed E-state index contributed by atoms with van der Waals surface area (Å²) in [6, 6.07) is 11.0. The molecule has 44 heavy (non-hydrogen) atoms. The van der Waals surface area contributed by atoms with E-state index in [-0.39, 0.29) is 42.8 Å². The normalized spacial score (nSPS) is 12.4. The summed E-state index contributed by atoms with van der Waals surface area (Å²) in [5, 5.41) is 4.43. The Morgan fingerprint density at radius 3 is 1.89 bits per heavy atom. The van der Waals surface area contributed by atoms with Crippen molar-refractivity contribution >= 4 is 33.6 Å². The SMILES string of the molecule is CC(C)Oc1ccc(-c2noc(-c3ccc(S(=O)(=O)N(CCC(=O)OC(C)(C)C)CCC(=O)OC(C)(C)C)cc3)n2)cc1Cl. The number of carbonyl (C=O) groups is 2. The number of esters is 2. The van der Waals surface area contributed by atoms with E-state index in [1.54, 1.807) is 59.7 Å². The van der Waals surface area contributed by atoms with Crippen LogP contribution in [0.25, 0.3) is 22.8 Å². The first-order valence-corrected chi connectivity index (χ1v) is 16.0. The molecule has 0 aliphatic carbocycles. The van der Waals surface area contributed by atoms with E-state index in [1.807, 2.05) is 13.8 Å². The quantitative estimate of drug-likeness (QED) is 0.205. The smallest absolute Gasteiger partial charge is 0.307 e. The van der Waals surface area contributed by atoms with Gasteiger partial charge in [-0.05, 0) is 97.9 Å². The number of sulfonamides is 1. The van der Waals surface area contributed by atoms with E-state index in [0.29, 0.717) is 27.7 Å². The van der Waals surface area contributed by atoms with Crippen molar-refractivity contribution in [3.8, 4) is 28.6 Å². The Labute approximate surface area is 263 Å². The Morgan fingerprint density at radius 1 is 0.886 bits per heavy atom. The van der Waals surface area contributed by atoms with Crippen molar-refractivity contribution in [3.05, 3.63) is 47.5 Å². The molecule has 2 aromatic carbocycles. The summed E-state index contributed by atoms with van der Waals surface area (Å²) in [6.45, 7) is 13.8. The van der Waals surface area contributed by atoms with Crippen molar-refractivity contribution in [1.29, 1.82) is 0 Å². The highest BCUT2D eigenvalue weighted by atomic mass is 35.5. The molecule has 1 aromatic heterocycles. The second kappa shape index (κ2) is 14.1. The second-order valence-corrected chi connectivity index (χ2v) is 14.7. The molecule has 13 heteroatoms. The summed E-state index contributed by atoms with van der Waals surface area (Å²) in [7, 11) is -4.11. The zero-order valence-corrected chi connectivity index (χ0v) is 27.9. The van der Waals surface area contributed by atoms with E-state index in [1.165, 1.54) is 24.3 Å². The van der Waals surface area contributed by atoms with Gasteiger partial charge >= 0.3 is 11.9 Å². The highest BCUT2D eigenvalue weighted by Gasteiger charge is 2.28. The number of benzene rings is 2. The van der Waals surface area contributed by atoms with E-state index >= 15 is 0 Å². The summed E-state index contributed by atoms with van der Waals surface area (Å²) < 4.78 is 50.1. The van der Waals surface area contributed by atoms with Gasteiger partial charge < -0.3 is 18.7 Å². The molecule has 11 nitrogen and oxygen atoms in total. The summed E-state index contributed by atoms with van der Waals surface area (Å²) >= 11 is 6.35. The zero-order valence-electron chi connectivity index (χ0n) is 26.3. The number of ether oxygens (including phenoxy) is 3. The van der Waals surface area contributed by atoms with Crippen molar-refractivity contribution in [2.45, 2.75) is 90.4 Å². The van der Waals surface area contributed by atoms with Crippen LogP contribution in [0.4, 0.5) is 0 Å². The summed E-state index contributed by atoms with van der Waals surface area (Å²) in [6.07, 6.45) is -0.422. The van der Waals surface area contributed by atoms with Gasteiger partial charge in [-0.25, -0.2) is 8.42 Å². The van der Waals surface area contributed by atoms with Crippen molar-refractivity contribution in [2.24, 2.45) is 0 Å². The minimum absolute atomic E-state index is 0.0380. The van der Waals surface area contributed by atoms with Crippen LogP contribution in [-0.2, 0) is 29.1 Å². The molecule has 0 saturated heterocycles. The standard InChI is InChI=1S/C31H40ClN3O8S/c1-20(2)40-25-14-11-22(19-24(25)32)28-33-29(43-34-28)21-9-12-23(13-10-21)44(38,39)35(17-15-26(36)41-30(3,4)5)18-16-27(37)42-31(6,7)8/h9-14,19-20H,15-18H2,1-8H3. The maximum absolute atomic E-state index is 13.6. The largest absolute Gasteiger partial charge is 0.489 e. The fraction of sp³-hybridized carbons (Fsp3) is 0.484. The number of aromatic nitrogens is 2. The van der Waals surface area contributed by atoms with Crippen molar-refractivity contribution in [2.75, 3.05) is 13.1 Å². The molecule has 3 rings (SSSR count). The highest BCUT2D eigenvalue weighted by Crippen LogP contribution is 2.31. The average molecular weight is 650 g/mol. The fourth-order valence-electron chi connectivity index (χ4n) is 3.94. The number of nitrogens with zero attached hydrogens (tertiary/aromatic N) is 3. The van der Waals surface area contributed by atoms with Gasteiger partial charge in [-0.15, -0.1) is 0 Å². The fourth-order valence-corrected chi connectivity index (χ4v) is 5.60. The lowest BCUT2D eigenvalue weighted by Crippen LogP contribution is -2.36. The molecule has 0 amide bonds. The summed E-state index contributed by atoms with van der Waals surface area (Å²) in [5.74, 6) is -0.0987. The van der Waals surface area contributed by atoms with Crippen LogP contribution in [0.15, 0.2) is 51.9 Å². The first-order chi connectivity index (χ1) is 20.3. The van der Waals surface area contributed by atoms with Gasteiger partial charge in [0.1, 0.15) is 17.0 Å². The molecule has 0 bridgehead atoms. The summed E-state index contributed by atoms with van der Waals surface area (Å²) in [4.78, 5) is 29.1. The van der Waals surface area contributed by atoms with E-state index in [2.05, 4.69) is 10.1 Å². The monoisotopic (exact) mass is 649 g/mol. The van der Waals surface area contributed by atoms with Crippen LogP contribution in [-0.4, -0.2) is 65.2 Å². The molecule has 0 atom stereocenters. The highest BCUT2D eigenvalue weighted by molar-refractivity contribution is 7.89. The predicted octanol–water partition coefficient (Wildman–Crippen LogP) is 6.30. The molecule has 0 radical (unpaired) electrons. The number of hydrogen-bond donors (Lipinski definition) is 0. The van der Waals surface area contributed by atoms with Crippen LogP contribution in [0.1, 0.15) is 68.2 Å². The molecular formula is C31H40ClN3O8S. The Kier molecular flexibility index (Phi) is 11.2. The Hall–Kier alpha value is -3.48. The van der Waals surface area contributed by atoms with Gasteiger partial charge in [-0.2, -0.15) is 9.29 Å². The Morgan fingerprint density at radius 2 is 1.41 bits per heavy atom. The third-order valence-electron chi connectivity index (χ3n) is 5.69. The van der Waals surface area contributed by atoms with E-state index in [9.17, 15) is 18.0 Å². The van der Waals surface area contributed by atoms with Gasteiger partial charge in [0, 0.05) is 24.2 Å². The minimum Gasteiger partial charge on any atom is -0.489 e. The van der Waals surface area contributed by atoms with Gasteiger partial charge in [-0.1, -0.05) is 16.8 Å². The van der Waals surface area contributed by atoms with E-state index < -0.39 is 33.2 Å². The predicted molar refractivity (Wildman–Crippen MR) is 166 cm³/mol. The molecule has 0 unspecified atom stereocenters. The van der Waals surface area contributed by atoms with E-state index in [4.69, 9.17) is 30.3 Å². The van der Waals surface area contributed by atoms with Crippen LogP contribution in [0, 0.1) is 0 Å². The number of halogens is 1. The van der Waals surface area contributed by atoms with E-state index in [0.717, 1.165) is 4.31 Å². The van der Waals surface area contributed by atoms with Crippen molar-refractivity contribution in [1.82, 2.24) is 14.4 Å². The van der Waals surface area contributed by atoms with Crippen LogP contribution in [0.3, 0.4) is 0 Å². The molecule has 0 aliphatic rings. The first-order valence-electron chi connectivity index (χ1n) is 14.2. The van der Waals surface area contributed by atoms with Crippen molar-refractivity contribution in [3.63, 3.8) is 0 Å². The van der Waals surface area contributed by atoms with Crippen LogP contribution >= 0.6 is 11.6 Å². The average Bonchev–Trinajstić information content (AvgIpc) is 3.38. The summed E-state index contributed by atoms with van der Waals surface area (Å²) in [5.41, 5.74) is -0.340. The van der Waals surface area contributed by atoms with Gasteiger partial charge in [0.25, 0.3) is 5.89 Å². The molecule has 0 fully saturated rings. The van der Waals surface area contributed by atoms with Crippen LogP contribution < -0.4 is 4.74 Å². The van der Waals surface area contributed by atoms with Crippen molar-refractivity contribution < 1.29 is 36.7 Å². The molecule has 240 valence electrons. The van der Waals surface area contributed by atoms with Gasteiger partial charge in [0.15, 0.2) is 0 Å². The molecule has 0 spiro atoms. The lowest BCUT2D eigenvalue weighted by atomic mass is 10.2. The third-order valence-corrected chi connectivity index (χ3v) is 7.90. The lowest BCUT2D eigenvalue weighted by Gasteiger charge is -2.24. The molecule has 0 N–H and O–H groups in total. The first kappa shape index (κ1) is 35.0. The van der Waals surface area contributed by atoms with Crippen LogP contribution in [0.2, 0.25) is 5.02 Å². The molecule has 0 aliphatic heterocycles. The third kappa shape index (κ3) is 10.3. The maximum Gasteiger partial charge on any atom is 0.307 e. The van der Waals surface area contributed by atoms with Gasteiger partial charge in [-0.3, -0.25) is 9.59 Å². The molecule has 0 saturated carbocycles. The zero-order chi connectivity index (χ0) is 32.9. The topological polar surface area (TPSA) is 138 Å². The number of hydrogen-bond acceptors (Lipinski definition) is 10. The molecular weight excluding hydrogens is 610 g/mol. The lowest BCUT2D eigenvalue weighted by molar-refractivity contribution is -0.155. The molecule has 3 aromatic rings. The molecule has 1 heterocycles.